The van der Waals surface area contributed by atoms with Crippen LogP contribution in [0.25, 0.3) is 0 Å². The Labute approximate surface area is 101 Å². The lowest BCUT2D eigenvalue weighted by Gasteiger charge is -2.22. The van der Waals surface area contributed by atoms with Crippen LogP contribution in [-0.4, -0.2) is 5.11 Å². The van der Waals surface area contributed by atoms with Gasteiger partial charge in [-0.3, -0.25) is 0 Å². The summed E-state index contributed by atoms with van der Waals surface area (Å²) >= 11 is 3.40. The number of para-hydroxylation sites is 1. The minimum atomic E-state index is 0.138. The molecule has 0 bridgehead atoms. The van der Waals surface area contributed by atoms with Gasteiger partial charge in [0.1, 0.15) is 0 Å². The number of anilines is 2. The van der Waals surface area contributed by atoms with Crippen molar-refractivity contribution in [3.8, 4) is 17.2 Å². The number of rotatable bonds is 0. The fourth-order valence-electron chi connectivity index (χ4n) is 1.67. The average Bonchev–Trinajstić information content (AvgIpc) is 2.27. The molecule has 80 valence electrons. The molecule has 2 aromatic rings. The number of ether oxygens (including phenoxy) is 1. The van der Waals surface area contributed by atoms with E-state index in [-0.39, 0.29) is 5.75 Å². The van der Waals surface area contributed by atoms with Crippen molar-refractivity contribution in [2.45, 2.75) is 0 Å². The van der Waals surface area contributed by atoms with Gasteiger partial charge in [-0.05, 0) is 30.3 Å². The van der Waals surface area contributed by atoms with E-state index in [0.717, 1.165) is 15.8 Å². The minimum Gasteiger partial charge on any atom is -0.504 e. The molecule has 2 aromatic carbocycles. The maximum Gasteiger partial charge on any atom is 0.192 e. The highest BCUT2D eigenvalue weighted by molar-refractivity contribution is 9.10. The topological polar surface area (TPSA) is 41.5 Å². The first-order valence-corrected chi connectivity index (χ1v) is 5.60. The number of benzene rings is 2. The SMILES string of the molecule is Oc1cccc2c1Oc1ccc(Br)cc1N2. The van der Waals surface area contributed by atoms with Crippen molar-refractivity contribution >= 4 is 27.3 Å². The van der Waals surface area contributed by atoms with Crippen LogP contribution in [0.3, 0.4) is 0 Å². The van der Waals surface area contributed by atoms with Crippen molar-refractivity contribution in [3.63, 3.8) is 0 Å². The average molecular weight is 278 g/mol. The van der Waals surface area contributed by atoms with Crippen molar-refractivity contribution in [2.24, 2.45) is 0 Å². The third-order valence-electron chi connectivity index (χ3n) is 2.42. The Morgan fingerprint density at radius 3 is 2.88 bits per heavy atom. The van der Waals surface area contributed by atoms with Gasteiger partial charge in [0.25, 0.3) is 0 Å². The number of phenols is 1. The van der Waals surface area contributed by atoms with Gasteiger partial charge in [-0.25, -0.2) is 0 Å². The lowest BCUT2D eigenvalue weighted by molar-refractivity contribution is 0.411. The van der Waals surface area contributed by atoms with Crippen molar-refractivity contribution in [1.29, 1.82) is 0 Å². The van der Waals surface area contributed by atoms with Crippen LogP contribution >= 0.6 is 15.9 Å². The van der Waals surface area contributed by atoms with Gasteiger partial charge in [0.2, 0.25) is 0 Å². The van der Waals surface area contributed by atoms with Gasteiger partial charge in [-0.2, -0.15) is 0 Å². The Balaban J connectivity index is 2.13. The molecule has 1 heterocycles. The zero-order valence-electron chi connectivity index (χ0n) is 8.20. The van der Waals surface area contributed by atoms with Gasteiger partial charge in [0, 0.05) is 4.47 Å². The molecule has 0 radical (unpaired) electrons. The van der Waals surface area contributed by atoms with Gasteiger partial charge < -0.3 is 15.2 Å². The van der Waals surface area contributed by atoms with Crippen LogP contribution in [0, 0.1) is 0 Å². The van der Waals surface area contributed by atoms with E-state index in [9.17, 15) is 5.11 Å². The summed E-state index contributed by atoms with van der Waals surface area (Å²) in [4.78, 5) is 0. The van der Waals surface area contributed by atoms with Crippen molar-refractivity contribution in [1.82, 2.24) is 0 Å². The van der Waals surface area contributed by atoms with Crippen LogP contribution in [0.5, 0.6) is 17.2 Å². The van der Waals surface area contributed by atoms with Gasteiger partial charge in [-0.1, -0.05) is 22.0 Å². The van der Waals surface area contributed by atoms with E-state index in [0.29, 0.717) is 11.5 Å². The monoisotopic (exact) mass is 277 g/mol. The van der Waals surface area contributed by atoms with Gasteiger partial charge in [-0.15, -0.1) is 0 Å². The van der Waals surface area contributed by atoms with Crippen LogP contribution in [0.1, 0.15) is 0 Å². The number of nitrogens with one attached hydrogen (secondary N) is 1. The normalized spacial score (nSPS) is 12.1. The molecule has 0 fully saturated rings. The summed E-state index contributed by atoms with van der Waals surface area (Å²) in [6.07, 6.45) is 0. The quantitative estimate of drug-likeness (QED) is 0.653. The first-order chi connectivity index (χ1) is 7.74. The summed E-state index contributed by atoms with van der Waals surface area (Å²) in [7, 11) is 0. The maximum atomic E-state index is 9.66. The molecule has 1 aliphatic rings. The predicted molar refractivity (Wildman–Crippen MR) is 65.6 cm³/mol. The number of hydrogen-bond acceptors (Lipinski definition) is 3. The molecule has 0 spiro atoms. The Morgan fingerprint density at radius 2 is 2.00 bits per heavy atom. The molecule has 0 saturated heterocycles. The summed E-state index contributed by atoms with van der Waals surface area (Å²) in [6.45, 7) is 0. The molecule has 4 heteroatoms. The molecule has 1 aliphatic heterocycles. The highest BCUT2D eigenvalue weighted by Gasteiger charge is 2.18. The first-order valence-electron chi connectivity index (χ1n) is 4.80. The van der Waals surface area contributed by atoms with E-state index < -0.39 is 0 Å². The molecule has 3 rings (SSSR count). The van der Waals surface area contributed by atoms with Gasteiger partial charge >= 0.3 is 0 Å². The first kappa shape index (κ1) is 9.54. The van der Waals surface area contributed by atoms with Crippen LogP contribution < -0.4 is 10.1 Å². The third kappa shape index (κ3) is 1.42. The summed E-state index contributed by atoms with van der Waals surface area (Å²) in [5, 5.41) is 12.9. The fourth-order valence-corrected chi connectivity index (χ4v) is 2.04. The van der Waals surface area contributed by atoms with E-state index >= 15 is 0 Å². The molecule has 3 nitrogen and oxygen atoms in total. The molecule has 0 unspecified atom stereocenters. The van der Waals surface area contributed by atoms with Crippen LogP contribution in [0.15, 0.2) is 40.9 Å². The van der Waals surface area contributed by atoms with Gasteiger partial charge in [0.05, 0.1) is 11.4 Å². The van der Waals surface area contributed by atoms with E-state index in [2.05, 4.69) is 21.2 Å². The van der Waals surface area contributed by atoms with E-state index in [4.69, 9.17) is 4.74 Å². The van der Waals surface area contributed by atoms with Crippen LogP contribution in [0.2, 0.25) is 0 Å². The Morgan fingerprint density at radius 1 is 1.12 bits per heavy atom. The third-order valence-corrected chi connectivity index (χ3v) is 2.91. The number of fused-ring (bicyclic) bond motifs is 2. The molecular formula is C12H8BrNO2. The Kier molecular flexibility index (Phi) is 2.04. The smallest absolute Gasteiger partial charge is 0.192 e. The summed E-state index contributed by atoms with van der Waals surface area (Å²) in [5.74, 6) is 1.31. The lowest BCUT2D eigenvalue weighted by atomic mass is 10.2. The Hall–Kier alpha value is -1.68. The number of halogens is 1. The molecule has 0 aliphatic carbocycles. The molecule has 0 atom stereocenters. The second kappa shape index (κ2) is 3.42. The van der Waals surface area contributed by atoms with E-state index in [1.165, 1.54) is 0 Å². The van der Waals surface area contributed by atoms with E-state index in [1.54, 1.807) is 12.1 Å². The number of phenolic OH excluding ortho intramolecular Hbond substituents is 1. The zero-order chi connectivity index (χ0) is 11.1. The maximum absolute atomic E-state index is 9.66. The van der Waals surface area contributed by atoms with Crippen LogP contribution in [-0.2, 0) is 0 Å². The molecule has 0 aromatic heterocycles. The molecule has 16 heavy (non-hydrogen) atoms. The lowest BCUT2D eigenvalue weighted by Crippen LogP contribution is -2.02. The molecule has 0 saturated carbocycles. The van der Waals surface area contributed by atoms with Crippen molar-refractivity contribution in [2.75, 3.05) is 5.32 Å². The minimum absolute atomic E-state index is 0.138. The second-order valence-corrected chi connectivity index (χ2v) is 4.44. The standard InChI is InChI=1S/C12H8BrNO2/c13-7-4-5-11-9(6-7)14-8-2-1-3-10(15)12(8)16-11/h1-6,14-15H. The van der Waals surface area contributed by atoms with Crippen molar-refractivity contribution < 1.29 is 9.84 Å². The number of aromatic hydroxyl groups is 1. The second-order valence-electron chi connectivity index (χ2n) is 3.52. The largest absolute Gasteiger partial charge is 0.504 e. The highest BCUT2D eigenvalue weighted by atomic mass is 79.9. The summed E-state index contributed by atoms with van der Waals surface area (Å²) in [6, 6.07) is 10.9. The Bertz CT molecular complexity index is 569. The van der Waals surface area contributed by atoms with Crippen LogP contribution in [0.4, 0.5) is 11.4 Å². The summed E-state index contributed by atoms with van der Waals surface area (Å²) < 4.78 is 6.61. The molecule has 2 N–H and O–H groups in total. The zero-order valence-corrected chi connectivity index (χ0v) is 9.78. The molecule has 0 amide bonds. The molecular weight excluding hydrogens is 270 g/mol. The van der Waals surface area contributed by atoms with Gasteiger partial charge in [0.15, 0.2) is 17.2 Å². The van der Waals surface area contributed by atoms with E-state index in [1.807, 2.05) is 24.3 Å². The number of hydrogen-bond donors (Lipinski definition) is 2. The predicted octanol–water partition coefficient (Wildman–Crippen LogP) is 4.00. The summed E-state index contributed by atoms with van der Waals surface area (Å²) in [5.41, 5.74) is 1.65. The fraction of sp³-hybridized carbons (Fsp3) is 0. The highest BCUT2D eigenvalue weighted by Crippen LogP contribution is 2.46. The van der Waals surface area contributed by atoms with Crippen molar-refractivity contribution in [3.05, 3.63) is 40.9 Å².